The van der Waals surface area contributed by atoms with Crippen molar-refractivity contribution >= 4 is 11.7 Å². The van der Waals surface area contributed by atoms with Crippen molar-refractivity contribution in [1.82, 2.24) is 14.8 Å². The predicted molar refractivity (Wildman–Crippen MR) is 64.8 cm³/mol. The van der Waals surface area contributed by atoms with Crippen molar-refractivity contribution in [2.24, 2.45) is 0 Å². The van der Waals surface area contributed by atoms with Gasteiger partial charge in [-0.3, -0.25) is 9.69 Å². The molecule has 0 bridgehead atoms. The zero-order chi connectivity index (χ0) is 14.1. The van der Waals surface area contributed by atoms with Gasteiger partial charge in [0.25, 0.3) is 5.91 Å². The number of carbonyl (C=O) groups is 1. The minimum atomic E-state index is -2.93. The normalized spacial score (nSPS) is 13.7. The van der Waals surface area contributed by atoms with Crippen molar-refractivity contribution in [1.29, 1.82) is 0 Å². The summed E-state index contributed by atoms with van der Waals surface area (Å²) in [5, 5.41) is 4.07. The molecule has 0 unspecified atom stereocenters. The van der Waals surface area contributed by atoms with Gasteiger partial charge in [-0.1, -0.05) is 0 Å². The van der Waals surface area contributed by atoms with Crippen molar-refractivity contribution < 1.29 is 18.3 Å². The number of alkyl halides is 2. The standard InChI is InChI=1S/C12H10F2N4O2/c13-12(14)20-9-2-1-8(7-15-9)11(19)17-5-6-18-10(17)3-4-16-18/h1-4,7,12H,5-6H2. The Labute approximate surface area is 112 Å². The van der Waals surface area contributed by atoms with Crippen LogP contribution in [0.4, 0.5) is 14.6 Å². The monoisotopic (exact) mass is 280 g/mol. The van der Waals surface area contributed by atoms with E-state index >= 15 is 0 Å². The largest absolute Gasteiger partial charge is 0.417 e. The number of hydrogen-bond acceptors (Lipinski definition) is 4. The quantitative estimate of drug-likeness (QED) is 0.855. The molecule has 0 spiro atoms. The summed E-state index contributed by atoms with van der Waals surface area (Å²) in [6, 6.07) is 4.39. The molecule has 104 valence electrons. The molecule has 0 atom stereocenters. The van der Waals surface area contributed by atoms with E-state index in [1.165, 1.54) is 18.3 Å². The van der Waals surface area contributed by atoms with E-state index in [4.69, 9.17) is 0 Å². The number of halogens is 2. The fraction of sp³-hybridized carbons (Fsp3) is 0.250. The molecule has 0 fully saturated rings. The molecule has 2 aromatic heterocycles. The van der Waals surface area contributed by atoms with Crippen LogP contribution in [0.15, 0.2) is 30.6 Å². The number of nitrogens with zero attached hydrogens (tertiary/aromatic N) is 4. The van der Waals surface area contributed by atoms with E-state index < -0.39 is 6.61 Å². The average molecular weight is 280 g/mol. The van der Waals surface area contributed by atoms with Gasteiger partial charge in [0.2, 0.25) is 5.88 Å². The van der Waals surface area contributed by atoms with Crippen LogP contribution < -0.4 is 9.64 Å². The maximum absolute atomic E-state index is 12.3. The van der Waals surface area contributed by atoms with Crippen molar-refractivity contribution in [3.8, 4) is 5.88 Å². The van der Waals surface area contributed by atoms with Gasteiger partial charge in [0.1, 0.15) is 5.82 Å². The van der Waals surface area contributed by atoms with E-state index in [0.29, 0.717) is 24.5 Å². The van der Waals surface area contributed by atoms with Crippen molar-refractivity contribution in [3.05, 3.63) is 36.2 Å². The second kappa shape index (κ2) is 4.87. The average Bonchev–Trinajstić information content (AvgIpc) is 3.00. The minimum absolute atomic E-state index is 0.219. The summed E-state index contributed by atoms with van der Waals surface area (Å²) < 4.78 is 29.9. The number of anilines is 1. The number of amides is 1. The van der Waals surface area contributed by atoms with Crippen LogP contribution in [-0.2, 0) is 6.54 Å². The summed E-state index contributed by atoms with van der Waals surface area (Å²) in [7, 11) is 0. The second-order valence-electron chi connectivity index (χ2n) is 4.13. The molecule has 1 aliphatic rings. The number of fused-ring (bicyclic) bond motifs is 1. The van der Waals surface area contributed by atoms with Crippen molar-refractivity contribution in [3.63, 3.8) is 0 Å². The highest BCUT2D eigenvalue weighted by Gasteiger charge is 2.26. The minimum Gasteiger partial charge on any atom is -0.417 e. The Morgan fingerprint density at radius 1 is 1.30 bits per heavy atom. The summed E-state index contributed by atoms with van der Waals surface area (Å²) in [6.07, 6.45) is 2.84. The first kappa shape index (κ1) is 12.5. The van der Waals surface area contributed by atoms with Gasteiger partial charge < -0.3 is 4.74 Å². The number of ether oxygens (including phenoxy) is 1. The third kappa shape index (κ3) is 2.20. The van der Waals surface area contributed by atoms with Crippen LogP contribution in [-0.4, -0.2) is 33.8 Å². The lowest BCUT2D eigenvalue weighted by Gasteiger charge is -2.14. The zero-order valence-corrected chi connectivity index (χ0v) is 10.2. The molecule has 0 aliphatic carbocycles. The highest BCUT2D eigenvalue weighted by molar-refractivity contribution is 6.05. The molecule has 3 heterocycles. The van der Waals surface area contributed by atoms with Crippen LogP contribution in [0.5, 0.6) is 5.88 Å². The van der Waals surface area contributed by atoms with Crippen LogP contribution >= 0.6 is 0 Å². The number of pyridine rings is 1. The van der Waals surface area contributed by atoms with Gasteiger partial charge in [0.05, 0.1) is 18.3 Å². The first-order valence-corrected chi connectivity index (χ1v) is 5.90. The third-order valence-corrected chi connectivity index (χ3v) is 2.94. The van der Waals surface area contributed by atoms with Gasteiger partial charge in [-0.25, -0.2) is 9.67 Å². The Kier molecular flexibility index (Phi) is 3.05. The third-order valence-electron chi connectivity index (χ3n) is 2.94. The highest BCUT2D eigenvalue weighted by Crippen LogP contribution is 2.22. The van der Waals surface area contributed by atoms with Gasteiger partial charge in [0, 0.05) is 24.9 Å². The molecule has 0 N–H and O–H groups in total. The topological polar surface area (TPSA) is 60.2 Å². The summed E-state index contributed by atoms with van der Waals surface area (Å²) >= 11 is 0. The van der Waals surface area contributed by atoms with E-state index in [2.05, 4.69) is 14.8 Å². The SMILES string of the molecule is O=C(c1ccc(OC(F)F)nc1)N1CCn2nccc21. The van der Waals surface area contributed by atoms with E-state index in [-0.39, 0.29) is 11.8 Å². The highest BCUT2D eigenvalue weighted by atomic mass is 19.3. The number of carbonyl (C=O) groups excluding carboxylic acids is 1. The fourth-order valence-electron chi connectivity index (χ4n) is 2.07. The van der Waals surface area contributed by atoms with Gasteiger partial charge in [-0.15, -0.1) is 0 Å². The zero-order valence-electron chi connectivity index (χ0n) is 10.2. The van der Waals surface area contributed by atoms with E-state index in [9.17, 15) is 13.6 Å². The van der Waals surface area contributed by atoms with Gasteiger partial charge in [-0.05, 0) is 6.07 Å². The molecule has 20 heavy (non-hydrogen) atoms. The first-order chi connectivity index (χ1) is 9.65. The molecule has 0 radical (unpaired) electrons. The number of rotatable bonds is 3. The first-order valence-electron chi connectivity index (χ1n) is 5.90. The molecule has 3 rings (SSSR count). The van der Waals surface area contributed by atoms with E-state index in [1.54, 1.807) is 21.8 Å². The van der Waals surface area contributed by atoms with E-state index in [0.717, 1.165) is 0 Å². The van der Waals surface area contributed by atoms with Crippen LogP contribution in [0.25, 0.3) is 0 Å². The summed E-state index contributed by atoms with van der Waals surface area (Å²) in [4.78, 5) is 17.5. The maximum atomic E-state index is 12.3. The lowest BCUT2D eigenvalue weighted by Crippen LogP contribution is -2.28. The second-order valence-corrected chi connectivity index (χ2v) is 4.13. The summed E-state index contributed by atoms with van der Waals surface area (Å²) in [5.41, 5.74) is 0.307. The predicted octanol–water partition coefficient (Wildman–Crippen LogP) is 1.54. The molecule has 1 aliphatic heterocycles. The van der Waals surface area contributed by atoms with E-state index in [1.807, 2.05) is 0 Å². The van der Waals surface area contributed by atoms with Crippen LogP contribution in [0.1, 0.15) is 10.4 Å². The summed E-state index contributed by atoms with van der Waals surface area (Å²) in [5.74, 6) is 0.242. The molecular weight excluding hydrogens is 270 g/mol. The number of aromatic nitrogens is 3. The molecule has 1 amide bonds. The Morgan fingerprint density at radius 3 is 2.85 bits per heavy atom. The van der Waals surface area contributed by atoms with Crippen LogP contribution in [0.3, 0.4) is 0 Å². The molecule has 0 saturated carbocycles. The van der Waals surface area contributed by atoms with Gasteiger partial charge in [0.15, 0.2) is 0 Å². The molecular formula is C12H10F2N4O2. The molecule has 8 heteroatoms. The smallest absolute Gasteiger partial charge is 0.388 e. The Balaban J connectivity index is 1.78. The van der Waals surface area contributed by atoms with Crippen LogP contribution in [0.2, 0.25) is 0 Å². The van der Waals surface area contributed by atoms with Crippen molar-refractivity contribution in [2.45, 2.75) is 13.2 Å². The lowest BCUT2D eigenvalue weighted by atomic mass is 10.2. The molecule has 2 aromatic rings. The van der Waals surface area contributed by atoms with Crippen LogP contribution in [0, 0.1) is 0 Å². The fourth-order valence-corrected chi connectivity index (χ4v) is 2.07. The Bertz CT molecular complexity index is 627. The van der Waals surface area contributed by atoms with Gasteiger partial charge in [-0.2, -0.15) is 13.9 Å². The molecule has 0 saturated heterocycles. The van der Waals surface area contributed by atoms with Crippen molar-refractivity contribution in [2.75, 3.05) is 11.4 Å². The Hall–Kier alpha value is -2.51. The molecule has 0 aromatic carbocycles. The maximum Gasteiger partial charge on any atom is 0.388 e. The van der Waals surface area contributed by atoms with Gasteiger partial charge >= 0.3 is 6.61 Å². The Morgan fingerprint density at radius 2 is 2.15 bits per heavy atom. The summed E-state index contributed by atoms with van der Waals surface area (Å²) in [6.45, 7) is -1.78. The lowest BCUT2D eigenvalue weighted by molar-refractivity contribution is -0.0528. The number of hydrogen-bond donors (Lipinski definition) is 0. The molecule has 6 nitrogen and oxygen atoms in total.